The van der Waals surface area contributed by atoms with Crippen LogP contribution in [0.4, 0.5) is 4.79 Å². The summed E-state index contributed by atoms with van der Waals surface area (Å²) in [4.78, 5) is 15.3. The molecule has 3 aliphatic heterocycles. The van der Waals surface area contributed by atoms with Crippen molar-refractivity contribution in [1.82, 2.24) is 0 Å². The summed E-state index contributed by atoms with van der Waals surface area (Å²) in [5.41, 5.74) is 0. The number of hydrogen-bond donors (Lipinski definition) is 0. The highest BCUT2D eigenvalue weighted by Gasteiger charge is 2.56. The van der Waals surface area contributed by atoms with E-state index in [0.29, 0.717) is 13.1 Å². The van der Waals surface area contributed by atoms with Gasteiger partial charge in [0, 0.05) is 6.42 Å². The summed E-state index contributed by atoms with van der Waals surface area (Å²) >= 11 is 0. The van der Waals surface area contributed by atoms with Crippen LogP contribution in [0, 0.1) is 0 Å². The van der Waals surface area contributed by atoms with Crippen molar-refractivity contribution >= 4 is 6.09 Å². The first-order valence-electron chi connectivity index (χ1n) is 3.00. The fourth-order valence-corrected chi connectivity index (χ4v) is 1.46. The molecular weight excluding hydrogens is 122 g/mol. The minimum atomic E-state index is -1.09. The molecule has 3 fully saturated rings. The molecule has 2 unspecified atom stereocenters. The van der Waals surface area contributed by atoms with E-state index in [2.05, 4.69) is 0 Å². The average molecular weight is 129 g/mol. The molecule has 4 heteroatoms. The molecule has 0 aliphatic carbocycles. The number of amides is 1. The predicted molar refractivity (Wildman–Crippen MR) is 24.9 cm³/mol. The van der Waals surface area contributed by atoms with E-state index in [1.165, 1.54) is 0 Å². The number of carbonyl (C=O) groups is 1. The van der Waals surface area contributed by atoms with Gasteiger partial charge in [0.05, 0.1) is 0 Å². The minimum absolute atomic E-state index is 0.197. The Balaban J connectivity index is 2.19. The van der Waals surface area contributed by atoms with Gasteiger partial charge in [-0.2, -0.15) is 4.84 Å². The Labute approximate surface area is 52.2 Å². The van der Waals surface area contributed by atoms with Crippen LogP contribution in [0.2, 0.25) is 0 Å². The van der Waals surface area contributed by atoms with E-state index in [9.17, 15) is 9.90 Å². The van der Waals surface area contributed by atoms with Crippen molar-refractivity contribution in [2.75, 3.05) is 13.1 Å². The highest BCUT2D eigenvalue weighted by molar-refractivity contribution is 5.54. The Bertz CT molecular complexity index is 156. The van der Waals surface area contributed by atoms with Crippen LogP contribution in [0.15, 0.2) is 0 Å². The molecular formula is C5H7NO3. The largest absolute Gasteiger partial charge is 0.496 e. The maximum atomic E-state index is 10.3. The fraction of sp³-hybridized carbons (Fsp3) is 0.800. The number of hydrogen-bond acceptors (Lipinski definition) is 3. The molecule has 2 atom stereocenters. The molecule has 0 N–H and O–H groups in total. The number of fused-ring (bicyclic) bond motifs is 1. The van der Waals surface area contributed by atoms with Crippen molar-refractivity contribution in [3.8, 4) is 0 Å². The van der Waals surface area contributed by atoms with Gasteiger partial charge in [-0.1, -0.05) is 0 Å². The molecule has 0 saturated carbocycles. The highest BCUT2D eigenvalue weighted by atomic mass is 16.8. The highest BCUT2D eigenvalue weighted by Crippen LogP contribution is 2.34. The fourth-order valence-electron chi connectivity index (χ4n) is 1.46. The quantitative estimate of drug-likeness (QED) is 0.388. The third-order valence-corrected chi connectivity index (χ3v) is 1.99. The van der Waals surface area contributed by atoms with E-state index in [1.807, 2.05) is 0 Å². The molecule has 3 heterocycles. The summed E-state index contributed by atoms with van der Waals surface area (Å²) in [6.07, 6.45) is -0.0276. The average Bonchev–Trinajstić information content (AvgIpc) is 2.13. The molecule has 0 radical (unpaired) electrons. The molecule has 0 aromatic carbocycles. The SMILES string of the molecule is O=C([O-])[N+]12CCC(C1)O2. The standard InChI is InChI=1S/C5H7NO3/c7-5(8)6-2-1-4(3-6)9-6/h4H,1-3H2. The van der Waals surface area contributed by atoms with Gasteiger partial charge in [-0.25, -0.2) is 0 Å². The summed E-state index contributed by atoms with van der Waals surface area (Å²) < 4.78 is -0.245. The van der Waals surface area contributed by atoms with Crippen LogP contribution in [-0.2, 0) is 4.84 Å². The van der Waals surface area contributed by atoms with Gasteiger partial charge >= 0.3 is 0 Å². The van der Waals surface area contributed by atoms with Crippen molar-refractivity contribution in [2.24, 2.45) is 0 Å². The summed E-state index contributed by atoms with van der Waals surface area (Å²) in [7, 11) is 0. The molecule has 3 rings (SSSR count). The number of carboxylic acid groups (broad SMARTS) is 1. The third kappa shape index (κ3) is 0.469. The van der Waals surface area contributed by atoms with Gasteiger partial charge in [-0.3, -0.25) is 0 Å². The molecule has 50 valence electrons. The lowest BCUT2D eigenvalue weighted by Gasteiger charge is -2.37. The summed E-state index contributed by atoms with van der Waals surface area (Å²) in [6, 6.07) is 0. The van der Waals surface area contributed by atoms with Crippen molar-refractivity contribution < 1.29 is 19.4 Å². The zero-order chi connectivity index (χ0) is 6.48. The topological polar surface area (TPSA) is 49.4 Å². The van der Waals surface area contributed by atoms with Crippen LogP contribution in [0.25, 0.3) is 0 Å². The van der Waals surface area contributed by atoms with E-state index in [4.69, 9.17) is 4.84 Å². The molecule has 3 aliphatic rings. The van der Waals surface area contributed by atoms with Gasteiger partial charge in [-0.15, -0.1) is 4.65 Å². The maximum absolute atomic E-state index is 10.3. The van der Waals surface area contributed by atoms with Crippen LogP contribution in [0.3, 0.4) is 0 Å². The Morgan fingerprint density at radius 2 is 2.44 bits per heavy atom. The van der Waals surface area contributed by atoms with E-state index in [0.717, 1.165) is 6.42 Å². The molecule has 9 heavy (non-hydrogen) atoms. The van der Waals surface area contributed by atoms with Crippen LogP contribution < -0.4 is 5.11 Å². The molecule has 2 bridgehead atoms. The van der Waals surface area contributed by atoms with Crippen molar-refractivity contribution in [2.45, 2.75) is 12.5 Å². The molecule has 3 saturated heterocycles. The van der Waals surface area contributed by atoms with E-state index in [1.54, 1.807) is 0 Å². The second-order valence-corrected chi connectivity index (χ2v) is 2.58. The molecule has 0 aromatic rings. The van der Waals surface area contributed by atoms with Crippen molar-refractivity contribution in [3.63, 3.8) is 0 Å². The smallest absolute Gasteiger partial charge is 0.292 e. The third-order valence-electron chi connectivity index (χ3n) is 1.99. The van der Waals surface area contributed by atoms with Gasteiger partial charge in [0.15, 0.2) is 6.10 Å². The monoisotopic (exact) mass is 129 g/mol. The molecule has 0 aromatic heterocycles. The minimum Gasteiger partial charge on any atom is -0.496 e. The Morgan fingerprint density at radius 3 is 2.67 bits per heavy atom. The van der Waals surface area contributed by atoms with E-state index >= 15 is 0 Å². The Morgan fingerprint density at radius 1 is 1.78 bits per heavy atom. The molecule has 4 nitrogen and oxygen atoms in total. The van der Waals surface area contributed by atoms with E-state index in [-0.39, 0.29) is 10.8 Å². The van der Waals surface area contributed by atoms with Crippen molar-refractivity contribution in [3.05, 3.63) is 0 Å². The lowest BCUT2D eigenvalue weighted by atomic mass is 10.3. The first-order valence-corrected chi connectivity index (χ1v) is 3.00. The van der Waals surface area contributed by atoms with E-state index < -0.39 is 6.09 Å². The maximum Gasteiger partial charge on any atom is 0.292 e. The number of rotatable bonds is 0. The predicted octanol–water partition coefficient (Wildman–Crippen LogP) is -1.14. The molecule has 0 spiro atoms. The number of quaternary nitrogens is 1. The second kappa shape index (κ2) is 1.27. The van der Waals surface area contributed by atoms with Gasteiger partial charge < -0.3 is 9.90 Å². The zero-order valence-corrected chi connectivity index (χ0v) is 4.87. The van der Waals surface area contributed by atoms with Gasteiger partial charge in [0.2, 0.25) is 0 Å². The summed E-state index contributed by atoms with van der Waals surface area (Å²) in [5.74, 6) is 0. The van der Waals surface area contributed by atoms with Gasteiger partial charge in [-0.05, 0) is 0 Å². The van der Waals surface area contributed by atoms with Crippen LogP contribution in [0.5, 0.6) is 0 Å². The van der Waals surface area contributed by atoms with Gasteiger partial charge in [0.25, 0.3) is 6.09 Å². The Kier molecular flexibility index (Phi) is 0.736. The first-order chi connectivity index (χ1) is 4.23. The Hall–Kier alpha value is -0.610. The normalized spacial score (nSPS) is 46.4. The lowest BCUT2D eigenvalue weighted by Crippen LogP contribution is -2.64. The number of carbonyl (C=O) groups excluding carboxylic acids is 1. The lowest BCUT2D eigenvalue weighted by molar-refractivity contribution is -1.09. The summed E-state index contributed by atoms with van der Waals surface area (Å²) in [6.45, 7) is 1.20. The second-order valence-electron chi connectivity index (χ2n) is 2.58. The first kappa shape index (κ1) is 5.20. The number of nitrogens with zero attached hydrogens (tertiary/aromatic N) is 1. The zero-order valence-electron chi connectivity index (χ0n) is 4.87. The number of hydroxylamine groups is 3. The van der Waals surface area contributed by atoms with Crippen LogP contribution >= 0.6 is 0 Å². The molecule has 1 amide bonds. The van der Waals surface area contributed by atoms with Crippen LogP contribution in [-0.4, -0.2) is 29.9 Å². The van der Waals surface area contributed by atoms with Gasteiger partial charge in [0.1, 0.15) is 13.1 Å². The summed E-state index contributed by atoms with van der Waals surface area (Å²) in [5, 5.41) is 10.3. The van der Waals surface area contributed by atoms with Crippen LogP contribution in [0.1, 0.15) is 6.42 Å². The van der Waals surface area contributed by atoms with Crippen molar-refractivity contribution in [1.29, 1.82) is 0 Å².